The highest BCUT2D eigenvalue weighted by molar-refractivity contribution is 5.82. The van der Waals surface area contributed by atoms with E-state index in [1.807, 2.05) is 95.9 Å². The summed E-state index contributed by atoms with van der Waals surface area (Å²) >= 11 is 0. The molecule has 2 fully saturated rings. The lowest BCUT2D eigenvalue weighted by Crippen LogP contribution is -2.48. The number of ether oxygens (including phenoxy) is 1. The molecule has 0 bridgehead atoms. The van der Waals surface area contributed by atoms with Gasteiger partial charge < -0.3 is 14.7 Å². The monoisotopic (exact) mass is 413 g/mol. The average molecular weight is 414 g/mol. The zero-order valence-corrected chi connectivity index (χ0v) is 17.4. The van der Waals surface area contributed by atoms with Gasteiger partial charge in [-0.05, 0) is 36.0 Å². The highest BCUT2D eigenvalue weighted by Gasteiger charge is 2.51. The number of nitrogens with zero attached hydrogens (tertiary/aromatic N) is 1. The molecule has 0 radical (unpaired) electrons. The Morgan fingerprint density at radius 1 is 0.806 bits per heavy atom. The third-order valence-electron chi connectivity index (χ3n) is 6.71. The molecule has 2 aliphatic heterocycles. The maximum Gasteiger partial charge on any atom is 0.231 e. The van der Waals surface area contributed by atoms with Crippen molar-refractivity contribution in [1.82, 2.24) is 4.90 Å². The molecule has 2 saturated heterocycles. The van der Waals surface area contributed by atoms with Crippen molar-refractivity contribution in [2.45, 2.75) is 37.1 Å². The van der Waals surface area contributed by atoms with E-state index in [0.29, 0.717) is 13.0 Å². The molecule has 1 N–H and O–H groups in total. The van der Waals surface area contributed by atoms with Crippen molar-refractivity contribution in [3.63, 3.8) is 0 Å². The zero-order chi connectivity index (χ0) is 21.3. The Hall–Kier alpha value is -2.95. The first-order chi connectivity index (χ1) is 15.2. The summed E-state index contributed by atoms with van der Waals surface area (Å²) < 4.78 is 6.07. The van der Waals surface area contributed by atoms with E-state index in [0.717, 1.165) is 29.5 Å². The number of fused-ring (bicyclic) bond motifs is 1. The second kappa shape index (κ2) is 8.29. The molecule has 0 aliphatic carbocycles. The molecule has 0 aromatic heterocycles. The topological polar surface area (TPSA) is 49.8 Å². The average Bonchev–Trinajstić information content (AvgIpc) is 3.19. The van der Waals surface area contributed by atoms with E-state index in [-0.39, 0.29) is 18.2 Å². The summed E-state index contributed by atoms with van der Waals surface area (Å²) in [6, 6.07) is 29.1. The highest BCUT2D eigenvalue weighted by Crippen LogP contribution is 2.45. The van der Waals surface area contributed by atoms with Gasteiger partial charge in [-0.25, -0.2) is 0 Å². The summed E-state index contributed by atoms with van der Waals surface area (Å²) in [5.41, 5.74) is 1.16. The lowest BCUT2D eigenvalue weighted by molar-refractivity contribution is -0.148. The van der Waals surface area contributed by atoms with E-state index < -0.39 is 11.5 Å². The molecular formula is C27H27NO3. The van der Waals surface area contributed by atoms with Crippen LogP contribution in [-0.2, 0) is 15.1 Å². The van der Waals surface area contributed by atoms with Gasteiger partial charge in [0.1, 0.15) is 11.8 Å². The van der Waals surface area contributed by atoms with Crippen molar-refractivity contribution in [2.75, 3.05) is 6.61 Å². The van der Waals surface area contributed by atoms with Crippen LogP contribution in [0.1, 0.15) is 42.0 Å². The van der Waals surface area contributed by atoms with Crippen LogP contribution < -0.4 is 0 Å². The smallest absolute Gasteiger partial charge is 0.231 e. The van der Waals surface area contributed by atoms with Gasteiger partial charge in [0.2, 0.25) is 5.91 Å². The van der Waals surface area contributed by atoms with Gasteiger partial charge in [0, 0.05) is 0 Å². The van der Waals surface area contributed by atoms with Gasteiger partial charge in [0.15, 0.2) is 0 Å². The molecule has 4 heteroatoms. The van der Waals surface area contributed by atoms with Crippen LogP contribution in [0, 0.1) is 5.92 Å². The van der Waals surface area contributed by atoms with E-state index in [2.05, 4.69) is 0 Å². The second-order valence-corrected chi connectivity index (χ2v) is 8.44. The van der Waals surface area contributed by atoms with Crippen LogP contribution in [0.4, 0.5) is 0 Å². The maximum absolute atomic E-state index is 14.1. The summed E-state index contributed by atoms with van der Waals surface area (Å²) in [4.78, 5) is 16.0. The number of rotatable bonds is 4. The molecule has 0 unspecified atom stereocenters. The summed E-state index contributed by atoms with van der Waals surface area (Å²) in [5, 5.41) is 12.3. The van der Waals surface area contributed by atoms with Gasteiger partial charge in [-0.2, -0.15) is 0 Å². The van der Waals surface area contributed by atoms with Crippen molar-refractivity contribution in [1.29, 1.82) is 0 Å². The van der Waals surface area contributed by atoms with Crippen molar-refractivity contribution in [3.05, 3.63) is 108 Å². The lowest BCUT2D eigenvalue weighted by Gasteiger charge is -2.39. The Morgan fingerprint density at radius 2 is 1.35 bits per heavy atom. The van der Waals surface area contributed by atoms with Crippen LogP contribution in [0.2, 0.25) is 0 Å². The van der Waals surface area contributed by atoms with Crippen molar-refractivity contribution >= 4 is 5.91 Å². The molecule has 2 aliphatic rings. The van der Waals surface area contributed by atoms with Crippen molar-refractivity contribution in [3.8, 4) is 0 Å². The SMILES string of the molecule is O=C1[C@@H](C(O)(c2ccccc2)c2ccccc2)CCC[C@@H]2OC[C@@H](c3ccccc3)N12. The van der Waals surface area contributed by atoms with Crippen LogP contribution in [0.5, 0.6) is 0 Å². The van der Waals surface area contributed by atoms with Gasteiger partial charge in [-0.15, -0.1) is 0 Å². The fourth-order valence-electron chi connectivity index (χ4n) is 5.15. The standard InChI is InChI=1S/C27H27NO3/c29-26-23(27(30,21-13-6-2-7-14-21)22-15-8-3-9-16-22)17-10-18-25-28(26)24(19-31-25)20-11-4-1-5-12-20/h1-9,11-16,23-25,30H,10,17-19H2/t23-,24-,25-/m0/s1. The number of amides is 1. The molecule has 3 atom stereocenters. The van der Waals surface area contributed by atoms with Crippen molar-refractivity contribution in [2.24, 2.45) is 5.92 Å². The molecule has 5 rings (SSSR count). The number of carbonyl (C=O) groups is 1. The first-order valence-electron chi connectivity index (χ1n) is 11.0. The van der Waals surface area contributed by atoms with E-state index in [9.17, 15) is 9.90 Å². The molecule has 3 aromatic carbocycles. The lowest BCUT2D eigenvalue weighted by atomic mass is 9.73. The molecule has 158 valence electrons. The van der Waals surface area contributed by atoms with Crippen LogP contribution in [0.25, 0.3) is 0 Å². The Balaban J connectivity index is 1.59. The van der Waals surface area contributed by atoms with Crippen LogP contribution in [0.3, 0.4) is 0 Å². The first-order valence-corrected chi connectivity index (χ1v) is 11.0. The molecule has 3 aromatic rings. The van der Waals surface area contributed by atoms with Gasteiger partial charge >= 0.3 is 0 Å². The summed E-state index contributed by atoms with van der Waals surface area (Å²) in [7, 11) is 0. The minimum Gasteiger partial charge on any atom is -0.380 e. The number of hydrogen-bond donors (Lipinski definition) is 1. The second-order valence-electron chi connectivity index (χ2n) is 8.44. The van der Waals surface area contributed by atoms with E-state index >= 15 is 0 Å². The Morgan fingerprint density at radius 3 is 1.94 bits per heavy atom. The zero-order valence-electron chi connectivity index (χ0n) is 17.4. The first kappa shape index (κ1) is 20.0. The van der Waals surface area contributed by atoms with Gasteiger partial charge in [0.25, 0.3) is 0 Å². The molecule has 2 heterocycles. The fraction of sp³-hybridized carbons (Fsp3) is 0.296. The Kier molecular flexibility index (Phi) is 5.34. The third-order valence-corrected chi connectivity index (χ3v) is 6.71. The van der Waals surface area contributed by atoms with Crippen LogP contribution in [-0.4, -0.2) is 28.7 Å². The highest BCUT2D eigenvalue weighted by atomic mass is 16.5. The summed E-state index contributed by atoms with van der Waals surface area (Å²) in [6.45, 7) is 0.488. The molecule has 0 spiro atoms. The summed E-state index contributed by atoms with van der Waals surface area (Å²) in [6.07, 6.45) is 1.97. The molecular weight excluding hydrogens is 386 g/mol. The minimum absolute atomic E-state index is 0.0379. The predicted molar refractivity (Wildman–Crippen MR) is 119 cm³/mol. The molecule has 31 heavy (non-hydrogen) atoms. The van der Waals surface area contributed by atoms with Gasteiger partial charge in [0.05, 0.1) is 18.6 Å². The molecule has 1 amide bonds. The number of aliphatic hydroxyl groups is 1. The normalized spacial score (nSPS) is 24.0. The van der Waals surface area contributed by atoms with E-state index in [4.69, 9.17) is 4.74 Å². The number of benzene rings is 3. The quantitative estimate of drug-likeness (QED) is 0.677. The van der Waals surface area contributed by atoms with E-state index in [1.165, 1.54) is 0 Å². The van der Waals surface area contributed by atoms with Gasteiger partial charge in [-0.3, -0.25) is 4.79 Å². The minimum atomic E-state index is -1.40. The third kappa shape index (κ3) is 3.46. The van der Waals surface area contributed by atoms with E-state index in [1.54, 1.807) is 0 Å². The fourth-order valence-corrected chi connectivity index (χ4v) is 5.15. The number of hydrogen-bond acceptors (Lipinski definition) is 3. The molecule has 0 saturated carbocycles. The maximum atomic E-state index is 14.1. The Labute approximate surface area is 183 Å². The Bertz CT molecular complexity index is 983. The molecule has 4 nitrogen and oxygen atoms in total. The van der Waals surface area contributed by atoms with Crippen molar-refractivity contribution < 1.29 is 14.6 Å². The largest absolute Gasteiger partial charge is 0.380 e. The van der Waals surface area contributed by atoms with Crippen LogP contribution in [0.15, 0.2) is 91.0 Å². The van der Waals surface area contributed by atoms with Gasteiger partial charge in [-0.1, -0.05) is 91.0 Å². The summed E-state index contributed by atoms with van der Waals surface area (Å²) in [5.74, 6) is -0.626. The van der Waals surface area contributed by atoms with Crippen LogP contribution >= 0.6 is 0 Å². The number of carbonyl (C=O) groups excluding carboxylic acids is 1. The predicted octanol–water partition coefficient (Wildman–Crippen LogP) is 4.65.